The molecule has 0 bridgehead atoms. The first-order chi connectivity index (χ1) is 17.9. The van der Waals surface area contributed by atoms with Gasteiger partial charge in [0, 0.05) is 12.8 Å². The lowest BCUT2D eigenvalue weighted by Crippen LogP contribution is -2.40. The fraction of sp³-hybridized carbons (Fsp3) is 0.833. The van der Waals surface area contributed by atoms with E-state index in [1.807, 2.05) is 6.08 Å². The van der Waals surface area contributed by atoms with Gasteiger partial charge in [-0.05, 0) is 57.6 Å². The van der Waals surface area contributed by atoms with Gasteiger partial charge in [-0.1, -0.05) is 90.6 Å². The van der Waals surface area contributed by atoms with Crippen molar-refractivity contribution >= 4 is 17.8 Å². The molecule has 2 atom stereocenters. The summed E-state index contributed by atoms with van der Waals surface area (Å²) in [6, 6.07) is -0.864. The number of aliphatic carboxylic acids is 1. The van der Waals surface area contributed by atoms with Gasteiger partial charge < -0.3 is 20.9 Å². The maximum Gasteiger partial charge on any atom is 0.326 e. The van der Waals surface area contributed by atoms with Gasteiger partial charge in [0.1, 0.15) is 12.1 Å². The summed E-state index contributed by atoms with van der Waals surface area (Å²) in [7, 11) is 0. The maximum atomic E-state index is 12.4. The topological polar surface area (TPSA) is 119 Å². The minimum atomic E-state index is -1.02. The van der Waals surface area contributed by atoms with E-state index in [1.54, 1.807) is 0 Å². The number of amides is 1. The molecule has 0 saturated heterocycles. The van der Waals surface area contributed by atoms with Crippen molar-refractivity contribution in [2.45, 2.75) is 154 Å². The highest BCUT2D eigenvalue weighted by molar-refractivity contribution is 5.83. The quantitative estimate of drug-likeness (QED) is 0.0648. The van der Waals surface area contributed by atoms with Gasteiger partial charge in [-0.15, -0.1) is 0 Å². The standard InChI is InChI=1S/C30H56N2O5/c1-3-5-7-8-9-10-11-12-18-24-29(34)37-26(20-15-6-4-2)21-16-13-14-17-23-28(33)32-27(30(35)36)22-19-25-31/h15,20,26-27H,3-14,16-19,21-25,31H2,1-2H3,(H,32,33)(H,35,36)/b20-15-. The summed E-state index contributed by atoms with van der Waals surface area (Å²) in [6.45, 7) is 4.77. The van der Waals surface area contributed by atoms with E-state index in [9.17, 15) is 19.5 Å². The summed E-state index contributed by atoms with van der Waals surface area (Å²) in [5.41, 5.74) is 5.43. The third kappa shape index (κ3) is 23.0. The van der Waals surface area contributed by atoms with Crippen molar-refractivity contribution in [3.05, 3.63) is 12.2 Å². The van der Waals surface area contributed by atoms with Gasteiger partial charge in [0.05, 0.1) is 0 Å². The van der Waals surface area contributed by atoms with Gasteiger partial charge in [-0.2, -0.15) is 0 Å². The molecule has 0 aromatic rings. The molecule has 7 nitrogen and oxygen atoms in total. The molecule has 1 amide bonds. The van der Waals surface area contributed by atoms with E-state index in [0.717, 1.165) is 51.4 Å². The van der Waals surface area contributed by atoms with E-state index in [-0.39, 0.29) is 18.0 Å². The molecule has 0 fully saturated rings. The summed E-state index contributed by atoms with van der Waals surface area (Å²) in [5.74, 6) is -1.35. The van der Waals surface area contributed by atoms with Crippen LogP contribution < -0.4 is 11.1 Å². The Hall–Kier alpha value is -1.89. The Morgan fingerprint density at radius 1 is 0.784 bits per heavy atom. The first-order valence-electron chi connectivity index (χ1n) is 15.0. The molecule has 0 aliphatic heterocycles. The molecule has 2 unspecified atom stereocenters. The maximum absolute atomic E-state index is 12.4. The molecule has 0 rings (SSSR count). The summed E-state index contributed by atoms with van der Waals surface area (Å²) in [6.07, 6.45) is 23.0. The van der Waals surface area contributed by atoms with E-state index < -0.39 is 12.0 Å². The summed E-state index contributed by atoms with van der Waals surface area (Å²) in [5, 5.41) is 11.8. The van der Waals surface area contributed by atoms with Crippen LogP contribution in [0.5, 0.6) is 0 Å². The zero-order valence-electron chi connectivity index (χ0n) is 23.8. The van der Waals surface area contributed by atoms with Crippen molar-refractivity contribution in [3.63, 3.8) is 0 Å². The van der Waals surface area contributed by atoms with E-state index in [2.05, 4.69) is 25.2 Å². The van der Waals surface area contributed by atoms with Crippen LogP contribution in [0.15, 0.2) is 12.2 Å². The van der Waals surface area contributed by atoms with Gasteiger partial charge in [-0.3, -0.25) is 9.59 Å². The SMILES string of the molecule is CCC/C=C\C(CCCCCCC(=O)NC(CCCN)C(=O)O)OC(=O)CCCCCCCCCCC. The van der Waals surface area contributed by atoms with Crippen molar-refractivity contribution < 1.29 is 24.2 Å². The number of hydrogen-bond donors (Lipinski definition) is 3. The van der Waals surface area contributed by atoms with Crippen LogP contribution in [0.4, 0.5) is 0 Å². The van der Waals surface area contributed by atoms with Crippen LogP contribution in [-0.2, 0) is 19.1 Å². The molecule has 0 aliphatic carbocycles. The van der Waals surface area contributed by atoms with Crippen molar-refractivity contribution in [1.82, 2.24) is 5.32 Å². The zero-order valence-corrected chi connectivity index (χ0v) is 23.8. The molecule has 37 heavy (non-hydrogen) atoms. The van der Waals surface area contributed by atoms with E-state index >= 15 is 0 Å². The fourth-order valence-electron chi connectivity index (χ4n) is 4.25. The molecule has 0 heterocycles. The normalized spacial score (nSPS) is 12.9. The van der Waals surface area contributed by atoms with Crippen LogP contribution in [0.1, 0.15) is 142 Å². The fourth-order valence-corrected chi connectivity index (χ4v) is 4.25. The van der Waals surface area contributed by atoms with Crippen molar-refractivity contribution in [2.24, 2.45) is 5.73 Å². The molecular formula is C30H56N2O5. The highest BCUT2D eigenvalue weighted by atomic mass is 16.5. The minimum Gasteiger partial charge on any atom is -0.480 e. The lowest BCUT2D eigenvalue weighted by Gasteiger charge is -2.15. The van der Waals surface area contributed by atoms with E-state index in [0.29, 0.717) is 38.6 Å². The first-order valence-corrected chi connectivity index (χ1v) is 15.0. The number of esters is 1. The summed E-state index contributed by atoms with van der Waals surface area (Å²) >= 11 is 0. The highest BCUT2D eigenvalue weighted by Gasteiger charge is 2.18. The molecule has 0 aromatic carbocycles. The number of nitrogens with one attached hydrogen (secondary N) is 1. The number of carboxylic acids is 1. The second-order valence-electron chi connectivity index (χ2n) is 10.2. The molecule has 4 N–H and O–H groups in total. The van der Waals surface area contributed by atoms with Gasteiger partial charge >= 0.3 is 11.9 Å². The van der Waals surface area contributed by atoms with Gasteiger partial charge in [0.15, 0.2) is 0 Å². The number of carboxylic acid groups (broad SMARTS) is 1. The predicted molar refractivity (Wildman–Crippen MR) is 151 cm³/mol. The second-order valence-corrected chi connectivity index (χ2v) is 10.2. The molecule has 0 aliphatic rings. The van der Waals surface area contributed by atoms with Crippen molar-refractivity contribution in [3.8, 4) is 0 Å². The third-order valence-corrected chi connectivity index (χ3v) is 6.55. The van der Waals surface area contributed by atoms with Gasteiger partial charge in [0.2, 0.25) is 5.91 Å². The Kier molecular flexibility index (Phi) is 24.4. The third-order valence-electron chi connectivity index (χ3n) is 6.55. The van der Waals surface area contributed by atoms with Crippen molar-refractivity contribution in [2.75, 3.05) is 6.54 Å². The second kappa shape index (κ2) is 25.7. The van der Waals surface area contributed by atoms with Crippen molar-refractivity contribution in [1.29, 1.82) is 0 Å². The molecule has 0 radical (unpaired) electrons. The summed E-state index contributed by atoms with van der Waals surface area (Å²) in [4.78, 5) is 35.6. The van der Waals surface area contributed by atoms with Crippen LogP contribution in [-0.4, -0.2) is 41.6 Å². The first kappa shape index (κ1) is 35.1. The van der Waals surface area contributed by atoms with Crippen LogP contribution in [0.3, 0.4) is 0 Å². The molecule has 7 heteroatoms. The molecular weight excluding hydrogens is 468 g/mol. The Morgan fingerprint density at radius 3 is 1.97 bits per heavy atom. The number of hydrogen-bond acceptors (Lipinski definition) is 5. The van der Waals surface area contributed by atoms with Crippen LogP contribution >= 0.6 is 0 Å². The molecule has 0 saturated carbocycles. The Labute approximate surface area is 226 Å². The number of carbonyl (C=O) groups excluding carboxylic acids is 2. The minimum absolute atomic E-state index is 0.103. The molecule has 216 valence electrons. The smallest absolute Gasteiger partial charge is 0.326 e. The lowest BCUT2D eigenvalue weighted by molar-refractivity contribution is -0.147. The van der Waals surface area contributed by atoms with E-state index in [4.69, 9.17) is 10.5 Å². The Morgan fingerprint density at radius 2 is 1.38 bits per heavy atom. The Bertz CT molecular complexity index is 609. The number of unbranched alkanes of at least 4 members (excludes halogenated alkanes) is 12. The zero-order chi connectivity index (χ0) is 27.6. The number of carbonyl (C=O) groups is 3. The largest absolute Gasteiger partial charge is 0.480 e. The molecule has 0 aromatic heterocycles. The highest BCUT2D eigenvalue weighted by Crippen LogP contribution is 2.15. The van der Waals surface area contributed by atoms with Crippen LogP contribution in [0.25, 0.3) is 0 Å². The van der Waals surface area contributed by atoms with Gasteiger partial charge in [0.25, 0.3) is 0 Å². The van der Waals surface area contributed by atoms with Crippen LogP contribution in [0, 0.1) is 0 Å². The van der Waals surface area contributed by atoms with E-state index in [1.165, 1.54) is 44.9 Å². The average Bonchev–Trinajstić information content (AvgIpc) is 2.87. The number of ether oxygens (including phenoxy) is 1. The number of nitrogens with two attached hydrogens (primary N) is 1. The Balaban J connectivity index is 4.12. The van der Waals surface area contributed by atoms with Gasteiger partial charge in [-0.25, -0.2) is 4.79 Å². The monoisotopic (exact) mass is 524 g/mol. The molecule has 0 spiro atoms. The summed E-state index contributed by atoms with van der Waals surface area (Å²) < 4.78 is 5.76. The number of allylic oxidation sites excluding steroid dienone is 1. The average molecular weight is 525 g/mol. The lowest BCUT2D eigenvalue weighted by atomic mass is 10.1. The van der Waals surface area contributed by atoms with Crippen LogP contribution in [0.2, 0.25) is 0 Å². The predicted octanol–water partition coefficient (Wildman–Crippen LogP) is 6.82. The number of rotatable bonds is 26.